The van der Waals surface area contributed by atoms with E-state index in [1.54, 1.807) is 0 Å². The van der Waals surface area contributed by atoms with E-state index in [0.717, 1.165) is 11.4 Å². The van der Waals surface area contributed by atoms with Gasteiger partial charge in [0.15, 0.2) is 0 Å². The molecule has 2 aromatic heterocycles. The standard InChI is InChI=1S/C28H30N3/c1-18-13-19(2)20(3)24(14-18)27-15-25(23-11-7-8-12-26(23)31(27)4)22-16-29-28(30-17-22)21-9-5-6-10-21/h7-8,11-17,21H,5-6,9-10H2,1-4H3/q+1. The highest BCUT2D eigenvalue weighted by molar-refractivity contribution is 5.94. The van der Waals surface area contributed by atoms with Gasteiger partial charge in [-0.25, -0.2) is 9.97 Å². The van der Waals surface area contributed by atoms with Crippen LogP contribution in [0.4, 0.5) is 0 Å². The zero-order chi connectivity index (χ0) is 21.5. The highest BCUT2D eigenvalue weighted by Gasteiger charge is 2.23. The lowest BCUT2D eigenvalue weighted by molar-refractivity contribution is -0.633. The number of para-hydroxylation sites is 1. The van der Waals surface area contributed by atoms with E-state index < -0.39 is 0 Å². The Morgan fingerprint density at radius 2 is 1.58 bits per heavy atom. The van der Waals surface area contributed by atoms with E-state index in [1.807, 2.05) is 12.4 Å². The van der Waals surface area contributed by atoms with Crippen molar-refractivity contribution in [3.63, 3.8) is 0 Å². The molecule has 0 atom stereocenters. The van der Waals surface area contributed by atoms with Crippen molar-refractivity contribution in [2.45, 2.75) is 52.4 Å². The van der Waals surface area contributed by atoms with Crippen LogP contribution in [0.1, 0.15) is 54.1 Å². The van der Waals surface area contributed by atoms with E-state index in [-0.39, 0.29) is 0 Å². The van der Waals surface area contributed by atoms with Gasteiger partial charge in [0.1, 0.15) is 12.9 Å². The normalized spacial score (nSPS) is 14.5. The quantitative estimate of drug-likeness (QED) is 0.369. The second-order valence-electron chi connectivity index (χ2n) is 9.09. The van der Waals surface area contributed by atoms with Crippen molar-refractivity contribution in [1.29, 1.82) is 0 Å². The maximum atomic E-state index is 4.80. The number of pyridine rings is 1. The lowest BCUT2D eigenvalue weighted by Crippen LogP contribution is -2.32. The third kappa shape index (κ3) is 3.52. The Bertz CT molecular complexity index is 1270. The molecule has 0 aliphatic heterocycles. The highest BCUT2D eigenvalue weighted by Crippen LogP contribution is 2.35. The summed E-state index contributed by atoms with van der Waals surface area (Å²) in [5.41, 5.74) is 9.95. The van der Waals surface area contributed by atoms with Gasteiger partial charge in [-0.15, -0.1) is 0 Å². The van der Waals surface area contributed by atoms with Crippen LogP contribution in [0.5, 0.6) is 0 Å². The van der Waals surface area contributed by atoms with Crippen molar-refractivity contribution < 1.29 is 4.57 Å². The van der Waals surface area contributed by atoms with Crippen LogP contribution < -0.4 is 4.57 Å². The minimum atomic E-state index is 0.535. The van der Waals surface area contributed by atoms with Gasteiger partial charge >= 0.3 is 0 Å². The molecule has 0 saturated heterocycles. The third-order valence-corrected chi connectivity index (χ3v) is 6.99. The molecule has 2 heterocycles. The summed E-state index contributed by atoms with van der Waals surface area (Å²) in [5, 5.41) is 1.23. The average Bonchev–Trinajstić information content (AvgIpc) is 3.32. The second-order valence-corrected chi connectivity index (χ2v) is 9.09. The number of rotatable bonds is 3. The maximum Gasteiger partial charge on any atom is 0.213 e. The summed E-state index contributed by atoms with van der Waals surface area (Å²) in [5.74, 6) is 1.55. The van der Waals surface area contributed by atoms with Crippen molar-refractivity contribution in [2.75, 3.05) is 0 Å². The highest BCUT2D eigenvalue weighted by atomic mass is 14.9. The summed E-state index contributed by atoms with van der Waals surface area (Å²) in [4.78, 5) is 9.59. The summed E-state index contributed by atoms with van der Waals surface area (Å²) in [6.45, 7) is 6.59. The topological polar surface area (TPSA) is 29.7 Å². The summed E-state index contributed by atoms with van der Waals surface area (Å²) >= 11 is 0. The van der Waals surface area contributed by atoms with Crippen molar-refractivity contribution in [1.82, 2.24) is 9.97 Å². The molecule has 1 aliphatic rings. The predicted molar refractivity (Wildman–Crippen MR) is 127 cm³/mol. The Morgan fingerprint density at radius 1 is 0.871 bits per heavy atom. The lowest BCUT2D eigenvalue weighted by atomic mass is 9.94. The Balaban J connectivity index is 1.71. The number of benzene rings is 2. The van der Waals surface area contributed by atoms with Gasteiger partial charge in [-0.05, 0) is 56.9 Å². The van der Waals surface area contributed by atoms with E-state index >= 15 is 0 Å². The van der Waals surface area contributed by atoms with E-state index in [1.165, 1.54) is 70.1 Å². The molecule has 2 aromatic carbocycles. The minimum absolute atomic E-state index is 0.535. The van der Waals surface area contributed by atoms with Gasteiger partial charge in [0.05, 0.1) is 5.39 Å². The zero-order valence-electron chi connectivity index (χ0n) is 18.9. The fourth-order valence-electron chi connectivity index (χ4n) is 5.11. The van der Waals surface area contributed by atoms with E-state index in [4.69, 9.17) is 9.97 Å². The molecule has 1 fully saturated rings. The van der Waals surface area contributed by atoms with Crippen LogP contribution in [-0.2, 0) is 7.05 Å². The summed E-state index contributed by atoms with van der Waals surface area (Å²) in [7, 11) is 2.16. The molecular formula is C28H30N3+. The van der Waals surface area contributed by atoms with Crippen LogP contribution in [-0.4, -0.2) is 9.97 Å². The minimum Gasteiger partial charge on any atom is -0.240 e. The molecule has 5 rings (SSSR count). The first-order valence-corrected chi connectivity index (χ1v) is 11.3. The van der Waals surface area contributed by atoms with Crippen LogP contribution in [0.2, 0.25) is 0 Å². The molecule has 0 bridgehead atoms. The van der Waals surface area contributed by atoms with E-state index in [0.29, 0.717) is 5.92 Å². The van der Waals surface area contributed by atoms with E-state index in [2.05, 4.69) is 74.9 Å². The number of hydrogen-bond donors (Lipinski definition) is 0. The summed E-state index contributed by atoms with van der Waals surface area (Å²) in [6.07, 6.45) is 9.10. The maximum absolute atomic E-state index is 4.80. The van der Waals surface area contributed by atoms with Gasteiger partial charge in [-0.3, -0.25) is 0 Å². The van der Waals surface area contributed by atoms with Crippen LogP contribution in [0.15, 0.2) is 54.9 Å². The number of nitrogens with zero attached hydrogens (tertiary/aromatic N) is 3. The Hall–Kier alpha value is -3.07. The molecule has 0 amide bonds. The number of aromatic nitrogens is 3. The first-order valence-electron chi connectivity index (χ1n) is 11.3. The first-order chi connectivity index (χ1) is 15.0. The van der Waals surface area contributed by atoms with E-state index in [9.17, 15) is 0 Å². The summed E-state index contributed by atoms with van der Waals surface area (Å²) in [6, 6.07) is 15.5. The zero-order valence-corrected chi connectivity index (χ0v) is 18.9. The van der Waals surface area contributed by atoms with Gasteiger partial charge in [0, 0.05) is 47.1 Å². The van der Waals surface area contributed by atoms with Crippen LogP contribution in [0.3, 0.4) is 0 Å². The van der Waals surface area contributed by atoms with Crippen molar-refractivity contribution in [3.05, 3.63) is 77.4 Å². The predicted octanol–water partition coefficient (Wildman–Crippen LogP) is 6.37. The van der Waals surface area contributed by atoms with Crippen LogP contribution in [0.25, 0.3) is 33.3 Å². The first kappa shape index (κ1) is 19.9. The van der Waals surface area contributed by atoms with Crippen LogP contribution >= 0.6 is 0 Å². The fraction of sp³-hybridized carbons (Fsp3) is 0.321. The third-order valence-electron chi connectivity index (χ3n) is 6.99. The van der Waals surface area contributed by atoms with Gasteiger partial charge in [0.25, 0.3) is 0 Å². The van der Waals surface area contributed by atoms with Gasteiger partial charge < -0.3 is 0 Å². The van der Waals surface area contributed by atoms with Gasteiger partial charge in [-0.2, -0.15) is 4.57 Å². The molecular weight excluding hydrogens is 378 g/mol. The average molecular weight is 409 g/mol. The molecule has 3 heteroatoms. The largest absolute Gasteiger partial charge is 0.240 e. The molecule has 1 saturated carbocycles. The second kappa shape index (κ2) is 7.88. The Labute approximate surface area is 184 Å². The van der Waals surface area contributed by atoms with Crippen molar-refractivity contribution in [3.8, 4) is 22.4 Å². The Morgan fingerprint density at radius 3 is 2.32 bits per heavy atom. The monoisotopic (exact) mass is 408 g/mol. The number of fused-ring (bicyclic) bond motifs is 1. The Kier molecular flexibility index (Phi) is 5.05. The smallest absolute Gasteiger partial charge is 0.213 e. The molecule has 31 heavy (non-hydrogen) atoms. The van der Waals surface area contributed by atoms with Gasteiger partial charge in [0.2, 0.25) is 11.2 Å². The van der Waals surface area contributed by atoms with Crippen molar-refractivity contribution in [2.24, 2.45) is 7.05 Å². The molecule has 0 radical (unpaired) electrons. The molecule has 0 unspecified atom stereocenters. The molecule has 4 aromatic rings. The number of aryl methyl sites for hydroxylation is 3. The molecule has 0 spiro atoms. The SMILES string of the molecule is Cc1cc(C)c(C)c(-c2cc(-c3cnc(C4CCCC4)nc3)c3ccccc3[n+]2C)c1. The van der Waals surface area contributed by atoms with Gasteiger partial charge in [-0.1, -0.05) is 36.6 Å². The van der Waals surface area contributed by atoms with Crippen molar-refractivity contribution >= 4 is 10.9 Å². The molecule has 1 aliphatic carbocycles. The van der Waals surface area contributed by atoms with Crippen LogP contribution in [0, 0.1) is 20.8 Å². The molecule has 3 nitrogen and oxygen atoms in total. The molecule has 0 N–H and O–H groups in total. The number of hydrogen-bond acceptors (Lipinski definition) is 2. The lowest BCUT2D eigenvalue weighted by Gasteiger charge is -2.13. The molecule has 156 valence electrons. The fourth-order valence-corrected chi connectivity index (χ4v) is 5.11. The summed E-state index contributed by atoms with van der Waals surface area (Å²) < 4.78 is 2.31.